The summed E-state index contributed by atoms with van der Waals surface area (Å²) in [6.07, 6.45) is 4.55. The van der Waals surface area contributed by atoms with E-state index in [1.807, 2.05) is 0 Å². The molecule has 0 unspecified atom stereocenters. The molecule has 0 atom stereocenters. The molecule has 2 aromatic rings. The molecule has 20 heavy (non-hydrogen) atoms. The van der Waals surface area contributed by atoms with Crippen LogP contribution in [0.3, 0.4) is 0 Å². The first-order chi connectivity index (χ1) is 9.63. The Hall–Kier alpha value is -1.49. The monoisotopic (exact) mass is 336 g/mol. The van der Waals surface area contributed by atoms with Crippen LogP contribution in [-0.4, -0.2) is 9.97 Å². The summed E-state index contributed by atoms with van der Waals surface area (Å²) in [4.78, 5) is 19.1. The molecule has 1 heterocycles. The second-order valence-electron chi connectivity index (χ2n) is 5.13. The average Bonchev–Trinajstić information content (AvgIpc) is 2.95. The molecule has 0 aliphatic heterocycles. The van der Waals surface area contributed by atoms with Crippen molar-refractivity contribution in [1.29, 1.82) is 0 Å². The molecule has 1 aliphatic rings. The zero-order valence-corrected chi connectivity index (χ0v) is 12.4. The SMILES string of the molecule is O=c1cc(C2CCCC2)nc(-c2ccc(F)c(Br)c2)[nH]1. The van der Waals surface area contributed by atoms with Crippen LogP contribution in [-0.2, 0) is 0 Å². The molecular formula is C15H14BrFN2O. The van der Waals surface area contributed by atoms with Gasteiger partial charge in [0.1, 0.15) is 11.6 Å². The van der Waals surface area contributed by atoms with Crippen molar-refractivity contribution in [3.63, 3.8) is 0 Å². The highest BCUT2D eigenvalue weighted by molar-refractivity contribution is 9.10. The maximum absolute atomic E-state index is 13.3. The zero-order valence-electron chi connectivity index (χ0n) is 10.8. The fourth-order valence-corrected chi connectivity index (χ4v) is 3.07. The van der Waals surface area contributed by atoms with Gasteiger partial charge in [-0.05, 0) is 47.0 Å². The number of halogens is 2. The summed E-state index contributed by atoms with van der Waals surface area (Å²) in [5.41, 5.74) is 1.40. The van der Waals surface area contributed by atoms with Gasteiger partial charge in [0.25, 0.3) is 5.56 Å². The lowest BCUT2D eigenvalue weighted by molar-refractivity contribution is 0.621. The molecule has 0 spiro atoms. The first-order valence-corrected chi connectivity index (χ1v) is 7.49. The second-order valence-corrected chi connectivity index (χ2v) is 5.98. The third kappa shape index (κ3) is 2.68. The van der Waals surface area contributed by atoms with Gasteiger partial charge in [-0.25, -0.2) is 9.37 Å². The minimum atomic E-state index is -0.331. The van der Waals surface area contributed by atoms with Crippen LogP contribution in [0, 0.1) is 5.82 Å². The average molecular weight is 337 g/mol. The van der Waals surface area contributed by atoms with Gasteiger partial charge in [0, 0.05) is 17.5 Å². The van der Waals surface area contributed by atoms with Gasteiger partial charge in [0.05, 0.1) is 10.2 Å². The smallest absolute Gasteiger partial charge is 0.251 e. The summed E-state index contributed by atoms with van der Waals surface area (Å²) in [5.74, 6) is 0.545. The molecule has 104 valence electrons. The van der Waals surface area contributed by atoms with Gasteiger partial charge in [-0.3, -0.25) is 4.79 Å². The van der Waals surface area contributed by atoms with Crippen molar-refractivity contribution >= 4 is 15.9 Å². The standard InChI is InChI=1S/C15H14BrFN2O/c16-11-7-10(5-6-12(11)17)15-18-13(8-14(20)19-15)9-3-1-2-4-9/h5-9H,1-4H2,(H,18,19,20). The Bertz CT molecular complexity index is 693. The van der Waals surface area contributed by atoms with Crippen LogP contribution in [0.15, 0.2) is 33.5 Å². The molecule has 1 saturated carbocycles. The van der Waals surface area contributed by atoms with Crippen LogP contribution in [0.1, 0.15) is 37.3 Å². The second kappa shape index (κ2) is 5.48. The number of hydrogen-bond donors (Lipinski definition) is 1. The summed E-state index contributed by atoms with van der Waals surface area (Å²) in [6.45, 7) is 0. The predicted molar refractivity (Wildman–Crippen MR) is 79.2 cm³/mol. The van der Waals surface area contributed by atoms with E-state index in [1.165, 1.54) is 18.9 Å². The number of aromatic nitrogens is 2. The van der Waals surface area contributed by atoms with Crippen LogP contribution in [0.5, 0.6) is 0 Å². The lowest BCUT2D eigenvalue weighted by Crippen LogP contribution is -2.12. The van der Waals surface area contributed by atoms with Gasteiger partial charge >= 0.3 is 0 Å². The Balaban J connectivity index is 2.04. The number of H-pyrrole nitrogens is 1. The maximum atomic E-state index is 13.3. The summed E-state index contributed by atoms with van der Waals surface area (Å²) in [6, 6.07) is 6.20. The van der Waals surface area contributed by atoms with Gasteiger partial charge in [0.2, 0.25) is 0 Å². The summed E-state index contributed by atoms with van der Waals surface area (Å²) < 4.78 is 13.6. The Kier molecular flexibility index (Phi) is 3.70. The van der Waals surface area contributed by atoms with Crippen LogP contribution in [0.4, 0.5) is 4.39 Å². The van der Waals surface area contributed by atoms with E-state index in [0.717, 1.165) is 18.5 Å². The van der Waals surface area contributed by atoms with Gasteiger partial charge in [-0.15, -0.1) is 0 Å². The highest BCUT2D eigenvalue weighted by atomic mass is 79.9. The molecule has 0 radical (unpaired) electrons. The fraction of sp³-hybridized carbons (Fsp3) is 0.333. The number of nitrogens with zero attached hydrogens (tertiary/aromatic N) is 1. The van der Waals surface area contributed by atoms with E-state index >= 15 is 0 Å². The van der Waals surface area contributed by atoms with E-state index in [4.69, 9.17) is 0 Å². The molecule has 1 aromatic heterocycles. The molecule has 0 bridgehead atoms. The number of hydrogen-bond acceptors (Lipinski definition) is 2. The molecule has 1 aromatic carbocycles. The first-order valence-electron chi connectivity index (χ1n) is 6.70. The van der Waals surface area contributed by atoms with E-state index in [9.17, 15) is 9.18 Å². The largest absolute Gasteiger partial charge is 0.307 e. The van der Waals surface area contributed by atoms with E-state index in [-0.39, 0.29) is 11.4 Å². The first kappa shape index (κ1) is 13.5. The highest BCUT2D eigenvalue weighted by Crippen LogP contribution is 2.33. The molecule has 0 amide bonds. The predicted octanol–water partition coefficient (Wildman–Crippen LogP) is 4.00. The molecule has 1 fully saturated rings. The van der Waals surface area contributed by atoms with Gasteiger partial charge in [0.15, 0.2) is 0 Å². The van der Waals surface area contributed by atoms with Crippen molar-refractivity contribution in [2.45, 2.75) is 31.6 Å². The maximum Gasteiger partial charge on any atom is 0.251 e. The quantitative estimate of drug-likeness (QED) is 0.900. The van der Waals surface area contributed by atoms with Crippen LogP contribution < -0.4 is 5.56 Å². The molecule has 3 nitrogen and oxygen atoms in total. The van der Waals surface area contributed by atoms with E-state index in [2.05, 4.69) is 25.9 Å². The van der Waals surface area contributed by atoms with Crippen molar-refractivity contribution in [2.75, 3.05) is 0 Å². The molecule has 3 rings (SSSR count). The van der Waals surface area contributed by atoms with Gasteiger partial charge in [-0.1, -0.05) is 12.8 Å². The third-order valence-corrected chi connectivity index (χ3v) is 4.34. The van der Waals surface area contributed by atoms with Gasteiger partial charge in [-0.2, -0.15) is 0 Å². The topological polar surface area (TPSA) is 45.8 Å². The molecule has 0 saturated heterocycles. The Labute approximate surface area is 124 Å². The van der Waals surface area contributed by atoms with Gasteiger partial charge < -0.3 is 4.98 Å². The van der Waals surface area contributed by atoms with Crippen LogP contribution in [0.2, 0.25) is 0 Å². The zero-order chi connectivity index (χ0) is 14.1. The van der Waals surface area contributed by atoms with Crippen molar-refractivity contribution < 1.29 is 4.39 Å². The Morgan fingerprint density at radius 3 is 2.70 bits per heavy atom. The number of aromatic amines is 1. The third-order valence-electron chi connectivity index (χ3n) is 3.73. The number of rotatable bonds is 2. The lowest BCUT2D eigenvalue weighted by atomic mass is 10.0. The van der Waals surface area contributed by atoms with Crippen LogP contribution in [0.25, 0.3) is 11.4 Å². The van der Waals surface area contributed by atoms with Crippen molar-refractivity contribution in [1.82, 2.24) is 9.97 Å². The highest BCUT2D eigenvalue weighted by Gasteiger charge is 2.19. The minimum absolute atomic E-state index is 0.155. The molecule has 1 N–H and O–H groups in total. The van der Waals surface area contributed by atoms with Crippen molar-refractivity contribution in [3.8, 4) is 11.4 Å². The minimum Gasteiger partial charge on any atom is -0.307 e. The summed E-state index contributed by atoms with van der Waals surface area (Å²) in [7, 11) is 0. The van der Waals surface area contributed by atoms with E-state index < -0.39 is 0 Å². The van der Waals surface area contributed by atoms with Crippen LogP contribution >= 0.6 is 15.9 Å². The van der Waals surface area contributed by atoms with E-state index in [0.29, 0.717) is 21.8 Å². The molecule has 1 aliphatic carbocycles. The summed E-state index contributed by atoms with van der Waals surface area (Å²) >= 11 is 3.15. The normalized spacial score (nSPS) is 15.7. The van der Waals surface area contributed by atoms with E-state index in [1.54, 1.807) is 18.2 Å². The number of nitrogens with one attached hydrogen (secondary N) is 1. The Morgan fingerprint density at radius 2 is 2.00 bits per heavy atom. The lowest BCUT2D eigenvalue weighted by Gasteiger charge is -2.10. The summed E-state index contributed by atoms with van der Waals surface area (Å²) in [5, 5.41) is 0. The van der Waals surface area contributed by atoms with Crippen molar-refractivity contribution in [2.24, 2.45) is 0 Å². The molecular weight excluding hydrogens is 323 g/mol. The fourth-order valence-electron chi connectivity index (χ4n) is 2.69. The number of benzene rings is 1. The molecule has 5 heteroatoms. The Morgan fingerprint density at radius 1 is 1.25 bits per heavy atom. The van der Waals surface area contributed by atoms with Crippen molar-refractivity contribution in [3.05, 3.63) is 50.6 Å².